The summed E-state index contributed by atoms with van der Waals surface area (Å²) >= 11 is 0. The van der Waals surface area contributed by atoms with Crippen LogP contribution in [-0.2, 0) is 17.6 Å². The maximum Gasteiger partial charge on any atom is 0.223 e. The van der Waals surface area contributed by atoms with Gasteiger partial charge in [-0.3, -0.25) is 4.79 Å². The predicted octanol–water partition coefficient (Wildman–Crippen LogP) is 0.824. The Morgan fingerprint density at radius 1 is 1.38 bits per heavy atom. The average Bonchev–Trinajstić information content (AvgIpc) is 2.61. The molecule has 1 aromatic heterocycles. The summed E-state index contributed by atoms with van der Waals surface area (Å²) in [7, 11) is 0. The number of carbonyl (C=O) groups excluding carboxylic acids is 1. The average molecular weight is 222 g/mol. The summed E-state index contributed by atoms with van der Waals surface area (Å²) < 4.78 is 0. The first-order valence-electron chi connectivity index (χ1n) is 5.66. The van der Waals surface area contributed by atoms with E-state index in [4.69, 9.17) is 0 Å². The Balaban J connectivity index is 2.01. The van der Waals surface area contributed by atoms with Gasteiger partial charge < -0.3 is 5.32 Å². The van der Waals surface area contributed by atoms with Gasteiger partial charge in [-0.15, -0.1) is 0 Å². The molecule has 5 nitrogen and oxygen atoms in total. The van der Waals surface area contributed by atoms with Gasteiger partial charge in [-0.05, 0) is 33.6 Å². The van der Waals surface area contributed by atoms with E-state index >= 15 is 0 Å². The Kier molecular flexibility index (Phi) is 2.69. The van der Waals surface area contributed by atoms with E-state index in [1.165, 1.54) is 0 Å². The van der Waals surface area contributed by atoms with Gasteiger partial charge in [-0.25, -0.2) is 0 Å². The highest BCUT2D eigenvalue weighted by Gasteiger charge is 2.28. The number of rotatable bonds is 1. The van der Waals surface area contributed by atoms with E-state index in [9.17, 15) is 4.79 Å². The lowest BCUT2D eigenvalue weighted by Gasteiger charge is -2.26. The first-order valence-corrected chi connectivity index (χ1v) is 5.66. The quantitative estimate of drug-likeness (QED) is 0.739. The molecule has 1 heterocycles. The number of nitrogens with zero attached hydrogens (tertiary/aromatic N) is 2. The molecule has 1 atom stereocenters. The lowest BCUT2D eigenvalue weighted by molar-refractivity contribution is -0.126. The lowest BCUT2D eigenvalue weighted by atomic mass is 9.88. The van der Waals surface area contributed by atoms with Gasteiger partial charge in [0.1, 0.15) is 0 Å². The second kappa shape index (κ2) is 3.88. The summed E-state index contributed by atoms with van der Waals surface area (Å²) in [5.74, 6) is 0.165. The van der Waals surface area contributed by atoms with Crippen molar-refractivity contribution in [2.45, 2.75) is 45.6 Å². The molecule has 1 aliphatic carbocycles. The molecule has 0 aliphatic heterocycles. The Hall–Kier alpha value is -1.39. The number of hydrogen-bond donors (Lipinski definition) is 2. The number of aryl methyl sites for hydroxylation is 1. The number of amides is 1. The van der Waals surface area contributed by atoms with Crippen LogP contribution in [0.25, 0.3) is 0 Å². The molecule has 5 heteroatoms. The third kappa shape index (κ3) is 2.40. The van der Waals surface area contributed by atoms with E-state index in [-0.39, 0.29) is 17.4 Å². The molecule has 2 rings (SSSR count). The van der Waals surface area contributed by atoms with Crippen LogP contribution in [0.5, 0.6) is 0 Å². The predicted molar refractivity (Wildman–Crippen MR) is 59.8 cm³/mol. The van der Waals surface area contributed by atoms with Crippen LogP contribution in [0.2, 0.25) is 0 Å². The van der Waals surface area contributed by atoms with Crippen molar-refractivity contribution in [3.63, 3.8) is 0 Å². The molecule has 2 N–H and O–H groups in total. The Morgan fingerprint density at radius 3 is 2.75 bits per heavy atom. The first kappa shape index (κ1) is 11.1. The third-order valence-electron chi connectivity index (χ3n) is 2.74. The standard InChI is InChI=1S/C11H18N4O/c1-11(2,3)12-10(16)7-4-5-8-9(6-7)14-15-13-8/h7H,4-6H2,1-3H3,(H,12,16)(H,13,14,15). The third-order valence-corrected chi connectivity index (χ3v) is 2.74. The minimum Gasteiger partial charge on any atom is -0.351 e. The van der Waals surface area contributed by atoms with Crippen molar-refractivity contribution in [2.24, 2.45) is 5.92 Å². The van der Waals surface area contributed by atoms with Gasteiger partial charge in [-0.1, -0.05) is 0 Å². The minimum atomic E-state index is -0.165. The maximum absolute atomic E-state index is 12.0. The van der Waals surface area contributed by atoms with Crippen molar-refractivity contribution in [3.8, 4) is 0 Å². The number of aromatic nitrogens is 3. The van der Waals surface area contributed by atoms with Crippen molar-refractivity contribution in [3.05, 3.63) is 11.4 Å². The Bertz CT molecular complexity index is 391. The Morgan fingerprint density at radius 2 is 2.06 bits per heavy atom. The van der Waals surface area contributed by atoms with Gasteiger partial charge in [-0.2, -0.15) is 15.4 Å². The zero-order valence-corrected chi connectivity index (χ0v) is 10.0. The maximum atomic E-state index is 12.0. The van der Waals surface area contributed by atoms with Crippen LogP contribution in [-0.4, -0.2) is 26.9 Å². The van der Waals surface area contributed by atoms with Crippen LogP contribution in [0.3, 0.4) is 0 Å². The van der Waals surface area contributed by atoms with E-state index in [1.54, 1.807) is 0 Å². The molecular weight excluding hydrogens is 204 g/mol. The summed E-state index contributed by atoms with van der Waals surface area (Å²) in [5, 5.41) is 13.8. The fourth-order valence-corrected chi connectivity index (χ4v) is 1.98. The largest absolute Gasteiger partial charge is 0.351 e. The summed E-state index contributed by atoms with van der Waals surface area (Å²) in [5.41, 5.74) is 1.79. The van der Waals surface area contributed by atoms with Gasteiger partial charge in [0.05, 0.1) is 11.4 Å². The fraction of sp³-hybridized carbons (Fsp3) is 0.727. The molecule has 0 saturated heterocycles. The number of fused-ring (bicyclic) bond motifs is 1. The molecule has 1 aromatic rings. The number of aromatic amines is 1. The molecule has 88 valence electrons. The van der Waals surface area contributed by atoms with Crippen LogP contribution < -0.4 is 5.32 Å². The van der Waals surface area contributed by atoms with Gasteiger partial charge in [0, 0.05) is 17.9 Å². The lowest BCUT2D eigenvalue weighted by Crippen LogP contribution is -2.45. The zero-order valence-electron chi connectivity index (χ0n) is 10.0. The smallest absolute Gasteiger partial charge is 0.223 e. The number of carbonyl (C=O) groups is 1. The van der Waals surface area contributed by atoms with Crippen molar-refractivity contribution >= 4 is 5.91 Å². The molecule has 0 spiro atoms. The van der Waals surface area contributed by atoms with E-state index in [2.05, 4.69) is 20.7 Å². The molecule has 0 saturated carbocycles. The molecule has 0 fully saturated rings. The summed E-state index contributed by atoms with van der Waals surface area (Å²) in [4.78, 5) is 12.0. The number of H-pyrrole nitrogens is 1. The van der Waals surface area contributed by atoms with Crippen molar-refractivity contribution in [1.29, 1.82) is 0 Å². The van der Waals surface area contributed by atoms with E-state index in [1.807, 2.05) is 20.8 Å². The molecule has 16 heavy (non-hydrogen) atoms. The van der Waals surface area contributed by atoms with Crippen molar-refractivity contribution in [2.75, 3.05) is 0 Å². The molecular formula is C11H18N4O. The number of hydrogen-bond acceptors (Lipinski definition) is 3. The second-order valence-electron chi connectivity index (χ2n) is 5.40. The van der Waals surface area contributed by atoms with E-state index in [0.29, 0.717) is 6.42 Å². The molecule has 0 bridgehead atoms. The highest BCUT2D eigenvalue weighted by atomic mass is 16.2. The molecule has 1 unspecified atom stereocenters. The number of nitrogens with one attached hydrogen (secondary N) is 2. The van der Waals surface area contributed by atoms with Crippen LogP contribution in [0, 0.1) is 5.92 Å². The highest BCUT2D eigenvalue weighted by Crippen LogP contribution is 2.22. The molecule has 1 aliphatic rings. The van der Waals surface area contributed by atoms with Crippen LogP contribution >= 0.6 is 0 Å². The van der Waals surface area contributed by atoms with Crippen molar-refractivity contribution < 1.29 is 4.79 Å². The topological polar surface area (TPSA) is 70.7 Å². The Labute approximate surface area is 95.0 Å². The van der Waals surface area contributed by atoms with Crippen LogP contribution in [0.15, 0.2) is 0 Å². The van der Waals surface area contributed by atoms with E-state index in [0.717, 1.165) is 24.2 Å². The van der Waals surface area contributed by atoms with Crippen LogP contribution in [0.4, 0.5) is 0 Å². The normalized spacial score (nSPS) is 20.3. The van der Waals surface area contributed by atoms with Crippen molar-refractivity contribution in [1.82, 2.24) is 20.7 Å². The summed E-state index contributed by atoms with van der Waals surface area (Å²) in [6.45, 7) is 5.99. The second-order valence-corrected chi connectivity index (χ2v) is 5.40. The molecule has 0 radical (unpaired) electrons. The fourth-order valence-electron chi connectivity index (χ4n) is 1.98. The van der Waals surface area contributed by atoms with Gasteiger partial charge in [0.2, 0.25) is 5.91 Å². The summed E-state index contributed by atoms with van der Waals surface area (Å²) in [6.07, 6.45) is 2.41. The minimum absolute atomic E-state index is 0.0387. The SMILES string of the molecule is CC(C)(C)NC(=O)C1CCc2n[nH]nc2C1. The van der Waals surface area contributed by atoms with E-state index < -0.39 is 0 Å². The van der Waals surface area contributed by atoms with Crippen LogP contribution in [0.1, 0.15) is 38.6 Å². The van der Waals surface area contributed by atoms with Gasteiger partial charge >= 0.3 is 0 Å². The first-order chi connectivity index (χ1) is 7.46. The van der Waals surface area contributed by atoms with Gasteiger partial charge in [0.15, 0.2) is 0 Å². The zero-order chi connectivity index (χ0) is 11.8. The highest BCUT2D eigenvalue weighted by molar-refractivity contribution is 5.79. The monoisotopic (exact) mass is 222 g/mol. The molecule has 0 aromatic carbocycles. The summed E-state index contributed by atoms with van der Waals surface area (Å²) in [6, 6.07) is 0. The van der Waals surface area contributed by atoms with Gasteiger partial charge in [0.25, 0.3) is 0 Å². The molecule has 1 amide bonds.